The van der Waals surface area contributed by atoms with Crippen molar-refractivity contribution in [2.75, 3.05) is 19.6 Å². The number of likely N-dealkylation sites (N-methyl/N-ethyl adjacent to an activating group) is 1. The Morgan fingerprint density at radius 2 is 2.15 bits per heavy atom. The van der Waals surface area contributed by atoms with E-state index in [2.05, 4.69) is 34.1 Å². The number of aromatic nitrogens is 2. The lowest BCUT2D eigenvalue weighted by Gasteiger charge is -2.26. The van der Waals surface area contributed by atoms with Gasteiger partial charge in [-0.15, -0.1) is 0 Å². The van der Waals surface area contributed by atoms with Crippen LogP contribution < -0.4 is 5.32 Å². The predicted octanol–water partition coefficient (Wildman–Crippen LogP) is 2.57. The van der Waals surface area contributed by atoms with Gasteiger partial charge >= 0.3 is 0 Å². The quantitative estimate of drug-likeness (QED) is 0.897. The predicted molar refractivity (Wildman–Crippen MR) is 81.7 cm³/mol. The van der Waals surface area contributed by atoms with Crippen LogP contribution in [0.25, 0.3) is 0 Å². The van der Waals surface area contributed by atoms with Gasteiger partial charge in [0.2, 0.25) is 0 Å². The van der Waals surface area contributed by atoms with Crippen molar-refractivity contribution < 1.29 is 0 Å². The fourth-order valence-electron chi connectivity index (χ4n) is 3.67. The molecule has 1 N–H and O–H groups in total. The van der Waals surface area contributed by atoms with E-state index in [0.717, 1.165) is 26.2 Å². The van der Waals surface area contributed by atoms with Crippen LogP contribution in [0.15, 0.2) is 12.3 Å². The molecule has 1 aliphatic heterocycles. The molecule has 1 atom stereocenters. The van der Waals surface area contributed by atoms with Gasteiger partial charge in [-0.05, 0) is 38.4 Å². The zero-order chi connectivity index (χ0) is 13.8. The van der Waals surface area contributed by atoms with E-state index in [1.165, 1.54) is 44.2 Å². The molecule has 4 heteroatoms. The van der Waals surface area contributed by atoms with Gasteiger partial charge in [-0.25, -0.2) is 0 Å². The molecule has 1 saturated heterocycles. The first kappa shape index (κ1) is 14.1. The van der Waals surface area contributed by atoms with Gasteiger partial charge in [0.15, 0.2) is 0 Å². The van der Waals surface area contributed by atoms with Crippen LogP contribution in [0.2, 0.25) is 0 Å². The van der Waals surface area contributed by atoms with Crippen molar-refractivity contribution in [3.63, 3.8) is 0 Å². The van der Waals surface area contributed by atoms with Gasteiger partial charge in [0.25, 0.3) is 0 Å². The van der Waals surface area contributed by atoms with Crippen LogP contribution in [0.5, 0.6) is 0 Å². The van der Waals surface area contributed by atoms with Gasteiger partial charge in [0.05, 0.1) is 11.7 Å². The van der Waals surface area contributed by atoms with Gasteiger partial charge in [-0.1, -0.05) is 26.2 Å². The van der Waals surface area contributed by atoms with E-state index in [1.54, 1.807) is 0 Å². The lowest BCUT2D eigenvalue weighted by Crippen LogP contribution is -2.36. The minimum absolute atomic E-state index is 0.653. The van der Waals surface area contributed by atoms with Crippen molar-refractivity contribution in [2.45, 2.75) is 64.1 Å². The van der Waals surface area contributed by atoms with E-state index < -0.39 is 0 Å². The van der Waals surface area contributed by atoms with Crippen molar-refractivity contribution in [1.29, 1.82) is 0 Å². The van der Waals surface area contributed by atoms with Crippen molar-refractivity contribution in [3.05, 3.63) is 18.0 Å². The van der Waals surface area contributed by atoms with Crippen LogP contribution in [0.1, 0.15) is 57.2 Å². The molecule has 0 amide bonds. The van der Waals surface area contributed by atoms with E-state index in [0.29, 0.717) is 12.1 Å². The second-order valence-corrected chi connectivity index (χ2v) is 6.29. The Bertz CT molecular complexity index is 402. The second kappa shape index (κ2) is 6.72. The summed E-state index contributed by atoms with van der Waals surface area (Å²) >= 11 is 0. The molecule has 4 nitrogen and oxygen atoms in total. The van der Waals surface area contributed by atoms with Crippen molar-refractivity contribution >= 4 is 0 Å². The lowest BCUT2D eigenvalue weighted by molar-refractivity contribution is 0.206. The van der Waals surface area contributed by atoms with Crippen LogP contribution in [0, 0.1) is 0 Å². The van der Waals surface area contributed by atoms with Crippen molar-refractivity contribution in [3.8, 4) is 0 Å². The van der Waals surface area contributed by atoms with E-state index in [4.69, 9.17) is 5.10 Å². The molecule has 1 saturated carbocycles. The monoisotopic (exact) mass is 276 g/mol. The molecule has 3 rings (SSSR count). The van der Waals surface area contributed by atoms with E-state index in [-0.39, 0.29) is 0 Å². The molecule has 0 spiro atoms. The normalized spacial score (nSPS) is 24.6. The topological polar surface area (TPSA) is 33.1 Å². The highest BCUT2D eigenvalue weighted by Gasteiger charge is 2.22. The van der Waals surface area contributed by atoms with Crippen LogP contribution in [0.3, 0.4) is 0 Å². The van der Waals surface area contributed by atoms with Gasteiger partial charge in [-0.2, -0.15) is 5.10 Å². The van der Waals surface area contributed by atoms with E-state index in [9.17, 15) is 0 Å². The number of hydrogen-bond acceptors (Lipinski definition) is 3. The molecule has 1 aliphatic carbocycles. The number of nitrogens with zero attached hydrogens (tertiary/aromatic N) is 3. The molecular formula is C16H28N4. The Morgan fingerprint density at radius 3 is 2.85 bits per heavy atom. The third-order valence-corrected chi connectivity index (χ3v) is 4.93. The molecule has 0 radical (unpaired) electrons. The van der Waals surface area contributed by atoms with Crippen LogP contribution in [-0.4, -0.2) is 40.4 Å². The Kier molecular flexibility index (Phi) is 4.73. The summed E-state index contributed by atoms with van der Waals surface area (Å²) in [7, 11) is 0. The molecule has 1 unspecified atom stereocenters. The molecule has 1 aromatic heterocycles. The summed E-state index contributed by atoms with van der Waals surface area (Å²) in [5.74, 6) is 0. The fourth-order valence-corrected chi connectivity index (χ4v) is 3.67. The maximum Gasteiger partial charge on any atom is 0.0765 e. The summed E-state index contributed by atoms with van der Waals surface area (Å²) in [6.45, 7) is 6.68. The summed E-state index contributed by atoms with van der Waals surface area (Å²) in [6, 6.07) is 3.57. The summed E-state index contributed by atoms with van der Waals surface area (Å²) in [6.07, 6.45) is 10.2. The van der Waals surface area contributed by atoms with Gasteiger partial charge in [0, 0.05) is 25.3 Å². The SMILES string of the molecule is CCN(Cc1ccn(C2CCCCC2)n1)C1CCNC1. The number of rotatable bonds is 5. The molecule has 20 heavy (non-hydrogen) atoms. The first-order valence-electron chi connectivity index (χ1n) is 8.35. The zero-order valence-corrected chi connectivity index (χ0v) is 12.7. The first-order chi connectivity index (χ1) is 9.86. The van der Waals surface area contributed by atoms with Gasteiger partial charge in [-0.3, -0.25) is 9.58 Å². The smallest absolute Gasteiger partial charge is 0.0765 e. The number of nitrogens with one attached hydrogen (secondary N) is 1. The van der Waals surface area contributed by atoms with E-state index >= 15 is 0 Å². The Hall–Kier alpha value is -0.870. The Morgan fingerprint density at radius 1 is 1.30 bits per heavy atom. The Labute approximate surface area is 122 Å². The summed E-state index contributed by atoms with van der Waals surface area (Å²) in [5, 5.41) is 8.31. The second-order valence-electron chi connectivity index (χ2n) is 6.29. The highest BCUT2D eigenvalue weighted by Crippen LogP contribution is 2.27. The molecule has 2 heterocycles. The van der Waals surface area contributed by atoms with Gasteiger partial charge < -0.3 is 5.32 Å². The summed E-state index contributed by atoms with van der Waals surface area (Å²) < 4.78 is 2.23. The third kappa shape index (κ3) is 3.23. The van der Waals surface area contributed by atoms with Crippen molar-refractivity contribution in [2.24, 2.45) is 0 Å². The zero-order valence-electron chi connectivity index (χ0n) is 12.7. The number of hydrogen-bond donors (Lipinski definition) is 1. The maximum atomic E-state index is 4.85. The van der Waals surface area contributed by atoms with E-state index in [1.807, 2.05) is 0 Å². The molecule has 1 aromatic rings. The highest BCUT2D eigenvalue weighted by molar-refractivity contribution is 5.01. The van der Waals surface area contributed by atoms with Crippen LogP contribution in [0.4, 0.5) is 0 Å². The summed E-state index contributed by atoms with van der Waals surface area (Å²) in [4.78, 5) is 2.56. The van der Waals surface area contributed by atoms with Crippen molar-refractivity contribution in [1.82, 2.24) is 20.0 Å². The molecule has 2 aliphatic rings. The maximum absolute atomic E-state index is 4.85. The lowest BCUT2D eigenvalue weighted by atomic mass is 9.96. The van der Waals surface area contributed by atoms with Crippen LogP contribution >= 0.6 is 0 Å². The third-order valence-electron chi connectivity index (χ3n) is 4.93. The summed E-state index contributed by atoms with van der Waals surface area (Å²) in [5.41, 5.74) is 1.24. The highest BCUT2D eigenvalue weighted by atomic mass is 15.3. The minimum atomic E-state index is 0.653. The molecule has 2 fully saturated rings. The van der Waals surface area contributed by atoms with Crippen LogP contribution in [-0.2, 0) is 6.54 Å². The average Bonchev–Trinajstić information content (AvgIpc) is 3.17. The fraction of sp³-hybridized carbons (Fsp3) is 0.812. The minimum Gasteiger partial charge on any atom is -0.315 e. The largest absolute Gasteiger partial charge is 0.315 e. The molecular weight excluding hydrogens is 248 g/mol. The Balaban J connectivity index is 1.60. The van der Waals surface area contributed by atoms with Gasteiger partial charge in [0.1, 0.15) is 0 Å². The molecule has 0 aromatic carbocycles. The standard InChI is InChI=1S/C16H28N4/c1-2-19(16-8-10-17-12-16)13-14-9-11-20(18-14)15-6-4-3-5-7-15/h9,11,15-17H,2-8,10,12-13H2,1H3. The molecule has 112 valence electrons. The average molecular weight is 276 g/mol. The first-order valence-corrected chi connectivity index (χ1v) is 8.35. The molecule has 0 bridgehead atoms.